The summed E-state index contributed by atoms with van der Waals surface area (Å²) in [6.07, 6.45) is 3.69. The Balaban J connectivity index is 2.45. The lowest BCUT2D eigenvalue weighted by Crippen LogP contribution is -2.44. The molecule has 2 heteroatoms. The number of nitrogens with zero attached hydrogens (tertiary/aromatic N) is 1. The molecular weight excluding hydrogens is 162 g/mol. The van der Waals surface area contributed by atoms with Gasteiger partial charge in [0.1, 0.15) is 0 Å². The first-order valence-corrected chi connectivity index (χ1v) is 5.30. The van der Waals surface area contributed by atoms with Gasteiger partial charge in [0, 0.05) is 19.0 Å². The first kappa shape index (κ1) is 10.6. The van der Waals surface area contributed by atoms with E-state index >= 15 is 0 Å². The van der Waals surface area contributed by atoms with Crippen molar-refractivity contribution in [1.29, 1.82) is 0 Å². The van der Waals surface area contributed by atoms with Gasteiger partial charge in [0.2, 0.25) is 5.91 Å². The summed E-state index contributed by atoms with van der Waals surface area (Å²) in [5.74, 6) is 0.945. The van der Waals surface area contributed by atoms with Crippen LogP contribution in [0.4, 0.5) is 0 Å². The van der Waals surface area contributed by atoms with Gasteiger partial charge in [-0.15, -0.1) is 0 Å². The van der Waals surface area contributed by atoms with Gasteiger partial charge >= 0.3 is 0 Å². The maximum atomic E-state index is 11.8. The van der Waals surface area contributed by atoms with Gasteiger partial charge in [-0.25, -0.2) is 0 Å². The van der Waals surface area contributed by atoms with Gasteiger partial charge in [0.25, 0.3) is 0 Å². The Bertz CT molecular complexity index is 185. The van der Waals surface area contributed by atoms with E-state index in [0.717, 1.165) is 0 Å². The normalized spacial score (nSPS) is 19.8. The van der Waals surface area contributed by atoms with Crippen molar-refractivity contribution in [1.82, 2.24) is 4.90 Å². The molecule has 1 rings (SSSR count). The van der Waals surface area contributed by atoms with Crippen molar-refractivity contribution in [3.05, 3.63) is 0 Å². The highest BCUT2D eigenvalue weighted by Gasteiger charge is 2.29. The van der Waals surface area contributed by atoms with Crippen LogP contribution >= 0.6 is 0 Å². The Kier molecular flexibility index (Phi) is 3.34. The predicted molar refractivity (Wildman–Crippen MR) is 54.4 cm³/mol. The van der Waals surface area contributed by atoms with E-state index in [1.54, 1.807) is 0 Å². The average Bonchev–Trinajstić information content (AvgIpc) is 1.98. The molecule has 1 amide bonds. The topological polar surface area (TPSA) is 20.3 Å². The quantitative estimate of drug-likeness (QED) is 0.657. The van der Waals surface area contributed by atoms with E-state index in [4.69, 9.17) is 0 Å². The molecule has 0 aliphatic heterocycles. The first-order valence-electron chi connectivity index (χ1n) is 5.30. The summed E-state index contributed by atoms with van der Waals surface area (Å²) >= 11 is 0. The minimum atomic E-state index is 0.172. The molecule has 0 heterocycles. The van der Waals surface area contributed by atoms with E-state index in [9.17, 15) is 4.79 Å². The molecular formula is C11H21NO. The summed E-state index contributed by atoms with van der Waals surface area (Å²) in [6, 6.07) is 0.536. The summed E-state index contributed by atoms with van der Waals surface area (Å²) in [4.78, 5) is 13.8. The molecule has 0 radical (unpaired) electrons. The molecule has 1 aliphatic rings. The molecule has 0 aromatic rings. The fourth-order valence-corrected chi connectivity index (χ4v) is 1.56. The second kappa shape index (κ2) is 4.12. The van der Waals surface area contributed by atoms with Crippen LogP contribution in [-0.2, 0) is 4.79 Å². The van der Waals surface area contributed by atoms with Crippen LogP contribution in [0.1, 0.15) is 40.0 Å². The van der Waals surface area contributed by atoms with E-state index in [1.807, 2.05) is 18.9 Å². The van der Waals surface area contributed by atoms with E-state index in [1.165, 1.54) is 19.3 Å². The van der Waals surface area contributed by atoms with Crippen LogP contribution in [0.25, 0.3) is 0 Å². The third-order valence-electron chi connectivity index (χ3n) is 3.36. The summed E-state index contributed by atoms with van der Waals surface area (Å²) in [7, 11) is 1.95. The minimum Gasteiger partial charge on any atom is -0.343 e. The van der Waals surface area contributed by atoms with Crippen LogP contribution in [-0.4, -0.2) is 23.9 Å². The van der Waals surface area contributed by atoms with Crippen LogP contribution in [0, 0.1) is 11.8 Å². The van der Waals surface area contributed by atoms with Gasteiger partial charge in [-0.1, -0.05) is 20.8 Å². The zero-order valence-corrected chi connectivity index (χ0v) is 9.21. The Morgan fingerprint density at radius 3 is 2.15 bits per heavy atom. The molecule has 1 fully saturated rings. The van der Waals surface area contributed by atoms with Gasteiger partial charge in [-0.05, 0) is 25.2 Å². The highest BCUT2D eigenvalue weighted by molar-refractivity contribution is 5.78. The van der Waals surface area contributed by atoms with Crippen molar-refractivity contribution in [3.63, 3.8) is 0 Å². The number of hydrogen-bond donors (Lipinski definition) is 0. The summed E-state index contributed by atoms with van der Waals surface area (Å²) in [5.41, 5.74) is 0. The van der Waals surface area contributed by atoms with Crippen molar-refractivity contribution < 1.29 is 4.79 Å². The molecule has 0 saturated heterocycles. The predicted octanol–water partition coefficient (Wildman–Crippen LogP) is 2.29. The molecule has 0 N–H and O–H groups in total. The van der Waals surface area contributed by atoms with Crippen LogP contribution in [0.2, 0.25) is 0 Å². The molecule has 13 heavy (non-hydrogen) atoms. The Morgan fingerprint density at radius 2 is 1.85 bits per heavy atom. The third kappa shape index (κ3) is 2.23. The number of amides is 1. The van der Waals surface area contributed by atoms with Crippen LogP contribution < -0.4 is 0 Å². The van der Waals surface area contributed by atoms with Crippen LogP contribution in [0.15, 0.2) is 0 Å². The zero-order chi connectivity index (χ0) is 10.0. The van der Waals surface area contributed by atoms with Crippen LogP contribution in [0.3, 0.4) is 0 Å². The van der Waals surface area contributed by atoms with Crippen molar-refractivity contribution in [2.45, 2.75) is 46.1 Å². The maximum Gasteiger partial charge on any atom is 0.225 e. The van der Waals surface area contributed by atoms with Gasteiger partial charge in [0.15, 0.2) is 0 Å². The largest absolute Gasteiger partial charge is 0.343 e. The highest BCUT2D eigenvalue weighted by Crippen LogP contribution is 2.25. The number of hydrogen-bond acceptors (Lipinski definition) is 1. The SMILES string of the molecule is CC(C)[C@H](C)C(=O)N(C)C1CCC1. The maximum absolute atomic E-state index is 11.8. The molecule has 0 bridgehead atoms. The average molecular weight is 183 g/mol. The molecule has 1 saturated carbocycles. The molecule has 0 unspecified atom stereocenters. The lowest BCUT2D eigenvalue weighted by atomic mass is 9.89. The van der Waals surface area contributed by atoms with Crippen molar-refractivity contribution in [2.75, 3.05) is 7.05 Å². The number of carbonyl (C=O) groups excluding carboxylic acids is 1. The second-order valence-corrected chi connectivity index (χ2v) is 4.57. The fraction of sp³-hybridized carbons (Fsp3) is 0.909. The number of rotatable bonds is 3. The number of carbonyl (C=O) groups is 1. The van der Waals surface area contributed by atoms with Crippen molar-refractivity contribution in [2.24, 2.45) is 11.8 Å². The molecule has 2 nitrogen and oxygen atoms in total. The molecule has 0 aromatic heterocycles. The zero-order valence-electron chi connectivity index (χ0n) is 9.21. The highest BCUT2D eigenvalue weighted by atomic mass is 16.2. The van der Waals surface area contributed by atoms with Gasteiger partial charge < -0.3 is 4.90 Å². The Hall–Kier alpha value is -0.530. The van der Waals surface area contributed by atoms with E-state index in [-0.39, 0.29) is 5.92 Å². The molecule has 76 valence electrons. The van der Waals surface area contributed by atoms with Gasteiger partial charge in [0.05, 0.1) is 0 Å². The lowest BCUT2D eigenvalue weighted by Gasteiger charge is -2.36. The van der Waals surface area contributed by atoms with Gasteiger partial charge in [-0.3, -0.25) is 4.79 Å². The molecule has 1 aliphatic carbocycles. The molecule has 0 aromatic carbocycles. The second-order valence-electron chi connectivity index (χ2n) is 4.57. The summed E-state index contributed by atoms with van der Waals surface area (Å²) < 4.78 is 0. The smallest absolute Gasteiger partial charge is 0.225 e. The summed E-state index contributed by atoms with van der Waals surface area (Å²) in [6.45, 7) is 6.25. The Labute approximate surface area is 81.3 Å². The van der Waals surface area contributed by atoms with E-state index < -0.39 is 0 Å². The van der Waals surface area contributed by atoms with E-state index in [2.05, 4.69) is 13.8 Å². The Morgan fingerprint density at radius 1 is 1.31 bits per heavy atom. The molecule has 0 spiro atoms. The van der Waals surface area contributed by atoms with Gasteiger partial charge in [-0.2, -0.15) is 0 Å². The standard InChI is InChI=1S/C11H21NO/c1-8(2)9(3)11(13)12(4)10-6-5-7-10/h8-10H,5-7H2,1-4H3/t9-/m0/s1. The van der Waals surface area contributed by atoms with Crippen molar-refractivity contribution >= 4 is 5.91 Å². The lowest BCUT2D eigenvalue weighted by molar-refractivity contribution is -0.138. The minimum absolute atomic E-state index is 0.172. The monoisotopic (exact) mass is 183 g/mol. The van der Waals surface area contributed by atoms with E-state index in [0.29, 0.717) is 17.9 Å². The first-order chi connectivity index (χ1) is 6.04. The summed E-state index contributed by atoms with van der Waals surface area (Å²) in [5, 5.41) is 0. The third-order valence-corrected chi connectivity index (χ3v) is 3.36. The fourth-order valence-electron chi connectivity index (χ4n) is 1.56. The van der Waals surface area contributed by atoms with Crippen LogP contribution in [0.5, 0.6) is 0 Å². The molecule has 1 atom stereocenters. The van der Waals surface area contributed by atoms with Crippen molar-refractivity contribution in [3.8, 4) is 0 Å².